The normalized spacial score (nSPS) is 50.9. The van der Waals surface area contributed by atoms with Crippen LogP contribution in [0.1, 0.15) is 80.1 Å². The molecule has 2 saturated heterocycles. The Morgan fingerprint density at radius 2 is 1.67 bits per heavy atom. The molecule has 2 aliphatic heterocycles. The molecule has 0 aromatic rings. The van der Waals surface area contributed by atoms with Crippen LogP contribution in [0.4, 0.5) is 0 Å². The molecule has 18 atom stereocenters. The van der Waals surface area contributed by atoms with Gasteiger partial charge in [0.15, 0.2) is 12.4 Å². The van der Waals surface area contributed by atoms with Gasteiger partial charge in [0.25, 0.3) is 0 Å². The van der Waals surface area contributed by atoms with Gasteiger partial charge in [0.1, 0.15) is 24.4 Å². The lowest BCUT2D eigenvalue weighted by atomic mass is 9.47. The van der Waals surface area contributed by atoms with Crippen LogP contribution in [0, 0.1) is 46.3 Å². The third kappa shape index (κ3) is 6.12. The molecule has 6 rings (SSSR count). The Bertz CT molecular complexity index is 1420. The Kier molecular flexibility index (Phi) is 9.73. The van der Waals surface area contributed by atoms with Crippen molar-refractivity contribution in [2.45, 2.75) is 147 Å². The van der Waals surface area contributed by atoms with Crippen LogP contribution in [-0.4, -0.2) is 116 Å². The molecule has 0 aromatic heterocycles. The summed E-state index contributed by atoms with van der Waals surface area (Å²) in [6, 6.07) is 0. The van der Waals surface area contributed by atoms with E-state index in [2.05, 4.69) is 19.9 Å². The smallest absolute Gasteiger partial charge is 0.397 e. The van der Waals surface area contributed by atoms with E-state index in [1.54, 1.807) is 6.92 Å². The summed E-state index contributed by atoms with van der Waals surface area (Å²) >= 11 is 0. The van der Waals surface area contributed by atoms with Gasteiger partial charge in [0.2, 0.25) is 0 Å². The first-order valence-corrected chi connectivity index (χ1v) is 19.0. The maximum Gasteiger partial charge on any atom is 0.397 e. The van der Waals surface area contributed by atoms with Crippen LogP contribution >= 0.6 is 0 Å². The molecule has 0 radical (unpaired) electrons. The maximum absolute atomic E-state index is 12.2. The number of hydrogen-bond donors (Lipinski definition) is 7. The molecule has 6 aliphatic rings. The van der Waals surface area contributed by atoms with E-state index in [9.17, 15) is 48.4 Å². The number of hydrogen-bond acceptors (Lipinski definition) is 12. The number of carbonyl (C=O) groups is 1. The van der Waals surface area contributed by atoms with Crippen LogP contribution in [0.5, 0.6) is 0 Å². The van der Waals surface area contributed by atoms with Gasteiger partial charge in [-0.05, 0) is 85.9 Å². The van der Waals surface area contributed by atoms with Crippen molar-refractivity contribution in [3.05, 3.63) is 11.6 Å². The average Bonchev–Trinajstić information content (AvgIpc) is 3.46. The van der Waals surface area contributed by atoms with Crippen LogP contribution in [0.25, 0.3) is 0 Å². The molecule has 5 fully saturated rings. The number of ether oxygens (including phenoxy) is 3. The van der Waals surface area contributed by atoms with Crippen molar-refractivity contribution in [2.24, 2.45) is 46.3 Å². The van der Waals surface area contributed by atoms with Gasteiger partial charge in [-0.1, -0.05) is 46.3 Å². The molecule has 0 aromatic carbocycles. The van der Waals surface area contributed by atoms with E-state index < -0.39 is 93.8 Å². The highest BCUT2D eigenvalue weighted by Gasteiger charge is 2.70. The number of aliphatic hydroxyl groups excluding tert-OH is 4. The quantitative estimate of drug-likeness (QED) is 0.107. The lowest BCUT2D eigenvalue weighted by Gasteiger charge is -2.59. The molecular weight excluding hydrogens is 664 g/mol. The fourth-order valence-electron chi connectivity index (χ4n) is 11.0. The van der Waals surface area contributed by atoms with E-state index in [1.165, 1.54) is 0 Å². The summed E-state index contributed by atoms with van der Waals surface area (Å²) < 4.78 is 57.7. The largest absolute Gasteiger partial charge is 0.479 e. The van der Waals surface area contributed by atoms with E-state index in [-0.39, 0.29) is 48.5 Å². The molecule has 7 N–H and O–H groups in total. The number of allylic oxidation sites excluding steroid dienone is 2. The number of fused-ring (bicyclic) bond motifs is 7. The fraction of sp³-hybridized carbons (Fsp3) is 0.912. The highest BCUT2D eigenvalue weighted by molar-refractivity contribution is 7.80. The lowest BCUT2D eigenvalue weighted by Crippen LogP contribution is -2.61. The van der Waals surface area contributed by atoms with E-state index in [4.69, 9.17) is 18.4 Å². The highest BCUT2D eigenvalue weighted by Crippen LogP contribution is 2.69. The Morgan fingerprint density at radius 1 is 1.00 bits per heavy atom. The fourth-order valence-corrected chi connectivity index (χ4v) is 11.5. The predicted molar refractivity (Wildman–Crippen MR) is 171 cm³/mol. The summed E-state index contributed by atoms with van der Waals surface area (Å²) in [6.07, 6.45) is -7.38. The third-order valence-corrected chi connectivity index (χ3v) is 14.3. The first-order valence-electron chi connectivity index (χ1n) is 17.6. The Labute approximate surface area is 287 Å². The Morgan fingerprint density at radius 3 is 2.29 bits per heavy atom. The molecule has 280 valence electrons. The molecule has 14 nitrogen and oxygen atoms in total. The summed E-state index contributed by atoms with van der Waals surface area (Å²) in [5, 5.41) is 63.7. The second-order valence-electron chi connectivity index (χ2n) is 16.8. The van der Waals surface area contributed by atoms with Crippen LogP contribution in [0.15, 0.2) is 11.6 Å². The molecule has 4 aliphatic carbocycles. The van der Waals surface area contributed by atoms with Crippen molar-refractivity contribution in [1.82, 2.24) is 0 Å². The first kappa shape index (κ1) is 37.5. The maximum atomic E-state index is 12.2. The van der Waals surface area contributed by atoms with Gasteiger partial charge in [-0.15, -0.1) is 0 Å². The molecule has 3 saturated carbocycles. The van der Waals surface area contributed by atoms with Gasteiger partial charge in [0, 0.05) is 5.92 Å². The Hall–Kier alpha value is -1.24. The zero-order valence-electron chi connectivity index (χ0n) is 29.0. The molecule has 49 heavy (non-hydrogen) atoms. The first-order chi connectivity index (χ1) is 22.6. The third-order valence-electron chi connectivity index (χ3n) is 13.8. The topological polar surface area (TPSA) is 230 Å². The standard InChI is InChI=1S/C34H54O14S/c1-14(2)15(3)23(35)29-34(6,41)28-22(46-29)13-19-17-12-21(48-49(42,43)44)20-11-16(7-9-32(20,4)18(17)8-10-33(19,28)5)45-31-26(38)24(36)25(37)27(47-31)30(39)40/h8,14-17,19-29,31,35-38,41H,7,9-13H2,1-6H3,(H,39,40)(H,42,43,44). The zero-order chi connectivity index (χ0) is 36.2. The van der Waals surface area contributed by atoms with Crippen molar-refractivity contribution in [2.75, 3.05) is 0 Å². The van der Waals surface area contributed by atoms with Gasteiger partial charge < -0.3 is 44.8 Å². The van der Waals surface area contributed by atoms with Gasteiger partial charge in [-0.2, -0.15) is 8.42 Å². The zero-order valence-corrected chi connectivity index (χ0v) is 29.8. The summed E-state index contributed by atoms with van der Waals surface area (Å²) in [5.41, 5.74) is -1.14. The lowest BCUT2D eigenvalue weighted by molar-refractivity contribution is -0.309. The number of rotatable bonds is 8. The van der Waals surface area contributed by atoms with E-state index in [0.717, 1.165) is 5.57 Å². The molecular formula is C34H54O14S. The SMILES string of the molecule is CC(C)C(C)C(O)C1OC2CC3C4CC(OS(=O)(=O)O)C5CC(OC6OC(C(=O)O)C(O)C(O)C6O)CCC5(C)C4=CCC3(C)C2C1(C)O. The van der Waals surface area contributed by atoms with Crippen LogP contribution in [-0.2, 0) is 33.6 Å². The molecule has 18 unspecified atom stereocenters. The number of carboxylic acids is 1. The molecule has 0 bridgehead atoms. The van der Waals surface area contributed by atoms with Gasteiger partial charge in [-0.25, -0.2) is 8.98 Å². The number of carboxylic acid groups (broad SMARTS) is 1. The monoisotopic (exact) mass is 718 g/mol. The van der Waals surface area contributed by atoms with E-state index in [1.807, 2.05) is 20.8 Å². The predicted octanol–water partition coefficient (Wildman–Crippen LogP) is 1.42. The highest BCUT2D eigenvalue weighted by atomic mass is 32.3. The van der Waals surface area contributed by atoms with Crippen LogP contribution in [0.2, 0.25) is 0 Å². The van der Waals surface area contributed by atoms with Crippen molar-refractivity contribution in [1.29, 1.82) is 0 Å². The van der Waals surface area contributed by atoms with Crippen molar-refractivity contribution in [3.63, 3.8) is 0 Å². The Balaban J connectivity index is 1.27. The summed E-state index contributed by atoms with van der Waals surface area (Å²) in [4.78, 5) is 11.6. The number of aliphatic hydroxyl groups is 5. The van der Waals surface area contributed by atoms with E-state index >= 15 is 0 Å². The van der Waals surface area contributed by atoms with E-state index in [0.29, 0.717) is 25.7 Å². The van der Waals surface area contributed by atoms with Gasteiger partial charge >= 0.3 is 16.4 Å². The van der Waals surface area contributed by atoms with Crippen molar-refractivity contribution < 1.29 is 66.8 Å². The van der Waals surface area contributed by atoms with Gasteiger partial charge in [-0.3, -0.25) is 4.55 Å². The van der Waals surface area contributed by atoms with Crippen LogP contribution in [0.3, 0.4) is 0 Å². The minimum absolute atomic E-state index is 0.000452. The second kappa shape index (κ2) is 12.7. The molecule has 2 heterocycles. The average molecular weight is 719 g/mol. The molecule has 0 amide bonds. The van der Waals surface area contributed by atoms with Crippen molar-refractivity contribution in [3.8, 4) is 0 Å². The minimum Gasteiger partial charge on any atom is -0.479 e. The van der Waals surface area contributed by atoms with Crippen molar-refractivity contribution >= 4 is 16.4 Å². The molecule has 0 spiro atoms. The summed E-state index contributed by atoms with van der Waals surface area (Å²) in [6.45, 7) is 12.0. The summed E-state index contributed by atoms with van der Waals surface area (Å²) in [7, 11) is -4.87. The second-order valence-corrected chi connectivity index (χ2v) is 17.8. The number of aliphatic carboxylic acids is 1. The summed E-state index contributed by atoms with van der Waals surface area (Å²) in [5.74, 6) is -2.31. The van der Waals surface area contributed by atoms with Gasteiger partial charge in [0.05, 0.1) is 30.0 Å². The molecule has 15 heteroatoms. The minimum atomic E-state index is -4.87. The van der Waals surface area contributed by atoms with Crippen LogP contribution < -0.4 is 0 Å².